The molecule has 0 aliphatic rings. The highest BCUT2D eigenvalue weighted by Gasteiger charge is 2.09. The van der Waals surface area contributed by atoms with Crippen molar-refractivity contribution in [1.29, 1.82) is 0 Å². The Morgan fingerprint density at radius 2 is 0.914 bits per heavy atom. The number of amides is 2. The third kappa shape index (κ3) is 19.0. The minimum absolute atomic E-state index is 0.402. The number of benzene rings is 2. The average Bonchev–Trinajstić information content (AvgIpc) is 2.73. The van der Waals surface area contributed by atoms with Crippen LogP contribution in [-0.2, 0) is 0 Å². The summed E-state index contributed by atoms with van der Waals surface area (Å²) < 4.78 is 0. The van der Waals surface area contributed by atoms with Gasteiger partial charge in [-0.15, -0.1) is 0 Å². The molecule has 0 aromatic heterocycles. The van der Waals surface area contributed by atoms with Gasteiger partial charge in [0, 0.05) is 22.5 Å². The molecular weight excluding hydrogens is 440 g/mol. The molecule has 0 fully saturated rings. The number of carbonyl (C=O) groups excluding carboxylic acids is 2. The van der Waals surface area contributed by atoms with Crippen molar-refractivity contribution in [2.45, 2.75) is 48.0 Å². The maximum absolute atomic E-state index is 10.5. The molecule has 2 aromatic carbocycles. The maximum Gasteiger partial charge on any atom is 0.248 e. The molecule has 8 heteroatoms. The largest absolute Gasteiger partial charge is 0.399 e. The minimum atomic E-state index is -0.431. The summed E-state index contributed by atoms with van der Waals surface area (Å²) in [5.74, 6) is -0.861. The van der Waals surface area contributed by atoms with E-state index in [1.54, 1.807) is 48.5 Å². The molecule has 0 bridgehead atoms. The highest BCUT2D eigenvalue weighted by molar-refractivity contribution is 5.93. The Kier molecular flexibility index (Phi) is 14.3. The standard InChI is InChI=1S/C13H30N2.2C7H8N2O/c1-12(2,3)10-14-8-7-9-15-11-13(4,5)6;2*8-6-3-1-5(2-4-6)7(9)10/h14-15H,7-11H2,1-6H3;2*1-4H,8H2,(H2,9,10). The van der Waals surface area contributed by atoms with Gasteiger partial charge in [-0.05, 0) is 92.0 Å². The lowest BCUT2D eigenvalue weighted by atomic mass is 9.97. The van der Waals surface area contributed by atoms with Gasteiger partial charge in [0.05, 0.1) is 0 Å². The number of hydrogen-bond acceptors (Lipinski definition) is 6. The van der Waals surface area contributed by atoms with Gasteiger partial charge in [0.1, 0.15) is 0 Å². The Morgan fingerprint density at radius 1 is 0.629 bits per heavy atom. The lowest BCUT2D eigenvalue weighted by Crippen LogP contribution is -2.31. The summed E-state index contributed by atoms with van der Waals surface area (Å²) in [6.07, 6.45) is 1.21. The first kappa shape index (κ1) is 31.9. The Morgan fingerprint density at radius 3 is 1.14 bits per heavy atom. The number of nitrogens with one attached hydrogen (secondary N) is 2. The fraction of sp³-hybridized carbons (Fsp3) is 0.481. The van der Waals surface area contributed by atoms with Gasteiger partial charge in [-0.3, -0.25) is 9.59 Å². The van der Waals surface area contributed by atoms with Crippen LogP contribution in [0.2, 0.25) is 0 Å². The molecular formula is C27H46N6O2. The molecule has 0 aliphatic carbocycles. The van der Waals surface area contributed by atoms with Crippen LogP contribution in [0.15, 0.2) is 48.5 Å². The molecule has 10 N–H and O–H groups in total. The van der Waals surface area contributed by atoms with Crippen LogP contribution in [0.25, 0.3) is 0 Å². The van der Waals surface area contributed by atoms with E-state index in [0.717, 1.165) is 26.2 Å². The van der Waals surface area contributed by atoms with Gasteiger partial charge in [-0.1, -0.05) is 41.5 Å². The van der Waals surface area contributed by atoms with Crippen molar-refractivity contribution in [3.63, 3.8) is 0 Å². The van der Waals surface area contributed by atoms with E-state index in [-0.39, 0.29) is 0 Å². The summed E-state index contributed by atoms with van der Waals surface area (Å²) in [4.78, 5) is 21.0. The predicted molar refractivity (Wildman–Crippen MR) is 148 cm³/mol. The van der Waals surface area contributed by atoms with Crippen LogP contribution in [0.3, 0.4) is 0 Å². The molecule has 35 heavy (non-hydrogen) atoms. The summed E-state index contributed by atoms with van der Waals surface area (Å²) in [6, 6.07) is 12.9. The van der Waals surface area contributed by atoms with E-state index >= 15 is 0 Å². The second-order valence-corrected chi connectivity index (χ2v) is 10.8. The molecule has 0 unspecified atom stereocenters. The van der Waals surface area contributed by atoms with Crippen LogP contribution in [0.1, 0.15) is 68.7 Å². The number of carbonyl (C=O) groups is 2. The lowest BCUT2D eigenvalue weighted by molar-refractivity contribution is 0.0992. The normalized spacial score (nSPS) is 10.9. The molecule has 0 spiro atoms. The molecule has 0 radical (unpaired) electrons. The van der Waals surface area contributed by atoms with Gasteiger partial charge >= 0.3 is 0 Å². The molecule has 2 rings (SSSR count). The van der Waals surface area contributed by atoms with E-state index in [4.69, 9.17) is 22.9 Å². The molecule has 0 heterocycles. The van der Waals surface area contributed by atoms with Crippen LogP contribution in [0.5, 0.6) is 0 Å². The number of nitrogen functional groups attached to an aromatic ring is 2. The molecule has 0 saturated heterocycles. The van der Waals surface area contributed by atoms with Crippen molar-refractivity contribution in [3.05, 3.63) is 59.7 Å². The highest BCUT2D eigenvalue weighted by Crippen LogP contribution is 2.11. The molecule has 0 aliphatic heterocycles. The number of nitrogens with two attached hydrogens (primary N) is 4. The van der Waals surface area contributed by atoms with Crippen LogP contribution in [0, 0.1) is 10.8 Å². The summed E-state index contributed by atoms with van der Waals surface area (Å²) in [6.45, 7) is 18.0. The molecule has 0 atom stereocenters. The highest BCUT2D eigenvalue weighted by atomic mass is 16.1. The maximum atomic E-state index is 10.5. The molecule has 196 valence electrons. The SMILES string of the molecule is CC(C)(C)CNCCCNCC(C)(C)C.NC(=O)c1ccc(N)cc1.NC(=O)c1ccc(N)cc1. The monoisotopic (exact) mass is 486 g/mol. The smallest absolute Gasteiger partial charge is 0.248 e. The van der Waals surface area contributed by atoms with Gasteiger partial charge in [-0.25, -0.2) is 0 Å². The third-order valence-electron chi connectivity index (χ3n) is 4.41. The van der Waals surface area contributed by atoms with Crippen molar-refractivity contribution in [2.24, 2.45) is 22.3 Å². The van der Waals surface area contributed by atoms with Crippen molar-refractivity contribution in [2.75, 3.05) is 37.6 Å². The van der Waals surface area contributed by atoms with E-state index in [1.165, 1.54) is 6.42 Å². The quantitative estimate of drug-likeness (QED) is 0.247. The van der Waals surface area contributed by atoms with Crippen LogP contribution < -0.4 is 33.6 Å². The molecule has 2 aromatic rings. The zero-order valence-corrected chi connectivity index (χ0v) is 22.3. The first-order valence-corrected chi connectivity index (χ1v) is 11.8. The van der Waals surface area contributed by atoms with Crippen molar-refractivity contribution in [1.82, 2.24) is 10.6 Å². The Bertz CT molecular complexity index is 793. The molecule has 2 amide bonds. The zero-order chi connectivity index (χ0) is 27.1. The Labute approximate surface area is 211 Å². The van der Waals surface area contributed by atoms with E-state index in [9.17, 15) is 9.59 Å². The lowest BCUT2D eigenvalue weighted by Gasteiger charge is -2.20. The first-order valence-electron chi connectivity index (χ1n) is 11.8. The summed E-state index contributed by atoms with van der Waals surface area (Å²) in [7, 11) is 0. The van der Waals surface area contributed by atoms with Crippen molar-refractivity contribution < 1.29 is 9.59 Å². The van der Waals surface area contributed by atoms with E-state index in [0.29, 0.717) is 33.3 Å². The number of hydrogen-bond donors (Lipinski definition) is 6. The minimum Gasteiger partial charge on any atom is -0.399 e. The van der Waals surface area contributed by atoms with Gasteiger partial charge in [0.15, 0.2) is 0 Å². The zero-order valence-electron chi connectivity index (χ0n) is 22.3. The second kappa shape index (κ2) is 15.7. The van der Waals surface area contributed by atoms with Gasteiger partial charge < -0.3 is 33.6 Å². The Balaban J connectivity index is 0.000000510. The Hall–Kier alpha value is -3.10. The van der Waals surface area contributed by atoms with Gasteiger partial charge in [-0.2, -0.15) is 0 Å². The molecule has 0 saturated carbocycles. The third-order valence-corrected chi connectivity index (χ3v) is 4.41. The summed E-state index contributed by atoms with van der Waals surface area (Å²) >= 11 is 0. The fourth-order valence-corrected chi connectivity index (χ4v) is 2.56. The van der Waals surface area contributed by atoms with Crippen molar-refractivity contribution >= 4 is 23.2 Å². The van der Waals surface area contributed by atoms with E-state index in [1.807, 2.05) is 0 Å². The number of primary amides is 2. The first-order chi connectivity index (χ1) is 16.1. The molecule has 8 nitrogen and oxygen atoms in total. The van der Waals surface area contributed by atoms with Crippen LogP contribution in [0.4, 0.5) is 11.4 Å². The van der Waals surface area contributed by atoms with E-state index < -0.39 is 11.8 Å². The van der Waals surface area contributed by atoms with Crippen molar-refractivity contribution in [3.8, 4) is 0 Å². The van der Waals surface area contributed by atoms with E-state index in [2.05, 4.69) is 52.2 Å². The fourth-order valence-electron chi connectivity index (χ4n) is 2.56. The average molecular weight is 487 g/mol. The summed E-state index contributed by atoms with van der Waals surface area (Å²) in [5, 5.41) is 6.97. The van der Waals surface area contributed by atoms with Gasteiger partial charge in [0.2, 0.25) is 11.8 Å². The van der Waals surface area contributed by atoms with Crippen LogP contribution >= 0.6 is 0 Å². The van der Waals surface area contributed by atoms with Crippen LogP contribution in [-0.4, -0.2) is 38.0 Å². The van der Waals surface area contributed by atoms with Gasteiger partial charge in [0.25, 0.3) is 0 Å². The number of rotatable bonds is 8. The number of anilines is 2. The topological polar surface area (TPSA) is 162 Å². The second-order valence-electron chi connectivity index (χ2n) is 10.8. The predicted octanol–water partition coefficient (Wildman–Crippen LogP) is 3.38. The summed E-state index contributed by atoms with van der Waals surface area (Å²) in [5.41, 5.74) is 23.7.